The normalized spacial score (nSPS) is 33.4. The molecule has 0 aromatic heterocycles. The fourth-order valence-electron chi connectivity index (χ4n) is 7.68. The third-order valence-corrected chi connectivity index (χ3v) is 9.68. The summed E-state index contributed by atoms with van der Waals surface area (Å²) in [5.74, 6) is -2.37. The number of carbonyl (C=O) groups is 3. The summed E-state index contributed by atoms with van der Waals surface area (Å²) in [6, 6.07) is 1.01. The van der Waals surface area contributed by atoms with E-state index in [4.69, 9.17) is 0 Å². The van der Waals surface area contributed by atoms with E-state index in [-0.39, 0.29) is 36.4 Å². The number of alkyl halides is 6. The lowest BCUT2D eigenvalue weighted by molar-refractivity contribution is -0.150. The zero-order valence-electron chi connectivity index (χ0n) is 21.1. The number of amides is 1. The molecule has 3 saturated carbocycles. The Morgan fingerprint density at radius 3 is 2.29 bits per heavy atom. The second-order valence-electron chi connectivity index (χ2n) is 11.6. The van der Waals surface area contributed by atoms with Crippen LogP contribution in [-0.2, 0) is 26.7 Å². The van der Waals surface area contributed by atoms with E-state index in [1.165, 1.54) is 0 Å². The van der Waals surface area contributed by atoms with E-state index in [1.807, 2.05) is 13.8 Å². The SMILES string of the molecule is C[C@]1(CCC(=O)O)C(=O)CCC2C1CC[C@@]1(C)C2CC[C@@H]1C(=O)Nc1cc(C(F)(F)F)ccc1C(F)(F)F. The summed E-state index contributed by atoms with van der Waals surface area (Å²) < 4.78 is 80.3. The van der Waals surface area contributed by atoms with Crippen molar-refractivity contribution in [3.05, 3.63) is 29.3 Å². The van der Waals surface area contributed by atoms with Crippen molar-refractivity contribution in [1.29, 1.82) is 0 Å². The molecule has 3 fully saturated rings. The number of rotatable bonds is 5. The Bertz CT molecular complexity index is 1130. The van der Waals surface area contributed by atoms with E-state index < -0.39 is 57.8 Å². The minimum Gasteiger partial charge on any atom is -0.481 e. The van der Waals surface area contributed by atoms with Crippen LogP contribution in [0.2, 0.25) is 0 Å². The Kier molecular flexibility index (Phi) is 7.14. The first-order valence-electron chi connectivity index (χ1n) is 12.8. The van der Waals surface area contributed by atoms with Gasteiger partial charge in [-0.2, -0.15) is 26.3 Å². The molecule has 0 spiro atoms. The van der Waals surface area contributed by atoms with Crippen molar-refractivity contribution in [3.63, 3.8) is 0 Å². The standard InChI is InChI=1S/C27H31F6NO4/c1-24-11-9-17-15(4-8-21(35)25(17,2)12-10-22(36)37)16(24)6-7-19(24)23(38)34-20-13-14(26(28,29)30)3-5-18(20)27(31,32)33/h3,5,13,15-17,19H,4,6-12H2,1-2H3,(H,34,38)(H,36,37)/t15?,16?,17?,19-,24+,25-/m1/s1. The maximum Gasteiger partial charge on any atom is 0.418 e. The molecule has 0 heterocycles. The summed E-state index contributed by atoms with van der Waals surface area (Å²) >= 11 is 0. The minimum atomic E-state index is -4.96. The molecule has 5 nitrogen and oxygen atoms in total. The van der Waals surface area contributed by atoms with Crippen LogP contribution in [0.15, 0.2) is 18.2 Å². The molecule has 38 heavy (non-hydrogen) atoms. The van der Waals surface area contributed by atoms with Crippen LogP contribution in [0.25, 0.3) is 0 Å². The molecule has 3 unspecified atom stereocenters. The molecule has 0 radical (unpaired) electrons. The summed E-state index contributed by atoms with van der Waals surface area (Å²) in [5, 5.41) is 11.4. The summed E-state index contributed by atoms with van der Waals surface area (Å²) in [6.45, 7) is 3.73. The van der Waals surface area contributed by atoms with Crippen LogP contribution < -0.4 is 5.32 Å². The van der Waals surface area contributed by atoms with Crippen molar-refractivity contribution in [1.82, 2.24) is 0 Å². The number of hydrogen-bond acceptors (Lipinski definition) is 3. The molecule has 0 aliphatic heterocycles. The van der Waals surface area contributed by atoms with E-state index in [9.17, 15) is 45.8 Å². The number of aliphatic carboxylic acids is 1. The number of nitrogens with one attached hydrogen (secondary N) is 1. The first kappa shape index (κ1) is 28.4. The number of fused-ring (bicyclic) bond motifs is 3. The topological polar surface area (TPSA) is 83.5 Å². The molecule has 3 aliphatic carbocycles. The van der Waals surface area contributed by atoms with Gasteiger partial charge in [-0.25, -0.2) is 0 Å². The third-order valence-electron chi connectivity index (χ3n) is 9.68. The van der Waals surface area contributed by atoms with Crippen LogP contribution >= 0.6 is 0 Å². The summed E-state index contributed by atoms with van der Waals surface area (Å²) in [7, 11) is 0. The maximum absolute atomic E-state index is 13.6. The molecular formula is C27H31F6NO4. The number of benzene rings is 1. The molecule has 0 bridgehead atoms. The second kappa shape index (κ2) is 9.55. The second-order valence-corrected chi connectivity index (χ2v) is 11.6. The molecule has 4 rings (SSSR count). The summed E-state index contributed by atoms with van der Waals surface area (Å²) in [5.41, 5.74) is -4.93. The van der Waals surface area contributed by atoms with E-state index in [2.05, 4.69) is 5.32 Å². The van der Waals surface area contributed by atoms with Crippen LogP contribution in [0, 0.1) is 34.5 Å². The molecule has 2 N–H and O–H groups in total. The highest BCUT2D eigenvalue weighted by Crippen LogP contribution is 2.64. The van der Waals surface area contributed by atoms with Gasteiger partial charge in [-0.3, -0.25) is 14.4 Å². The van der Waals surface area contributed by atoms with Crippen molar-refractivity contribution < 1.29 is 45.8 Å². The van der Waals surface area contributed by atoms with Crippen LogP contribution in [0.4, 0.5) is 32.0 Å². The average Bonchev–Trinajstić information content (AvgIpc) is 3.16. The van der Waals surface area contributed by atoms with E-state index in [1.54, 1.807) is 0 Å². The van der Waals surface area contributed by atoms with Crippen LogP contribution in [0.3, 0.4) is 0 Å². The van der Waals surface area contributed by atoms with Gasteiger partial charge in [0, 0.05) is 24.2 Å². The molecule has 210 valence electrons. The zero-order chi connectivity index (χ0) is 28.3. The monoisotopic (exact) mass is 547 g/mol. The van der Waals surface area contributed by atoms with Gasteiger partial charge in [-0.1, -0.05) is 13.8 Å². The van der Waals surface area contributed by atoms with Gasteiger partial charge in [-0.05, 0) is 79.9 Å². The van der Waals surface area contributed by atoms with Gasteiger partial charge in [-0.15, -0.1) is 0 Å². The van der Waals surface area contributed by atoms with Crippen molar-refractivity contribution in [2.24, 2.45) is 34.5 Å². The van der Waals surface area contributed by atoms with Gasteiger partial charge in [0.15, 0.2) is 0 Å². The van der Waals surface area contributed by atoms with Crippen LogP contribution in [0.1, 0.15) is 76.3 Å². The highest BCUT2D eigenvalue weighted by atomic mass is 19.4. The summed E-state index contributed by atoms with van der Waals surface area (Å²) in [4.78, 5) is 37.5. The molecule has 0 saturated heterocycles. The number of carbonyl (C=O) groups excluding carboxylic acids is 2. The quantitative estimate of drug-likeness (QED) is 0.391. The minimum absolute atomic E-state index is 0.00199. The van der Waals surface area contributed by atoms with Gasteiger partial charge in [0.1, 0.15) is 5.78 Å². The van der Waals surface area contributed by atoms with E-state index >= 15 is 0 Å². The fraction of sp³-hybridized carbons (Fsp3) is 0.667. The molecule has 3 aliphatic rings. The predicted octanol–water partition coefficient (Wildman–Crippen LogP) is 6.96. The number of carboxylic acid groups (broad SMARTS) is 1. The number of halogens is 6. The lowest BCUT2D eigenvalue weighted by atomic mass is 9.48. The van der Waals surface area contributed by atoms with Crippen molar-refractivity contribution >= 4 is 23.3 Å². The molecule has 1 amide bonds. The number of Topliss-reactive ketones (excluding diaryl/α,β-unsaturated/α-hetero) is 1. The number of hydrogen-bond donors (Lipinski definition) is 2. The maximum atomic E-state index is 13.6. The summed E-state index contributed by atoms with van der Waals surface area (Å²) in [6.07, 6.45) is -6.76. The average molecular weight is 548 g/mol. The van der Waals surface area contributed by atoms with Crippen LogP contribution in [0.5, 0.6) is 0 Å². The number of anilines is 1. The predicted molar refractivity (Wildman–Crippen MR) is 125 cm³/mol. The van der Waals surface area contributed by atoms with Crippen molar-refractivity contribution in [2.45, 2.75) is 77.6 Å². The van der Waals surface area contributed by atoms with Crippen molar-refractivity contribution in [3.8, 4) is 0 Å². The first-order chi connectivity index (χ1) is 17.5. The van der Waals surface area contributed by atoms with E-state index in [0.717, 1.165) is 0 Å². The van der Waals surface area contributed by atoms with Crippen LogP contribution in [-0.4, -0.2) is 22.8 Å². The molecular weight excluding hydrogens is 516 g/mol. The van der Waals surface area contributed by atoms with Gasteiger partial charge in [0.05, 0.1) is 16.8 Å². The van der Waals surface area contributed by atoms with E-state index in [0.29, 0.717) is 56.7 Å². The lowest BCUT2D eigenvalue weighted by Gasteiger charge is -2.55. The van der Waals surface area contributed by atoms with Gasteiger partial charge < -0.3 is 10.4 Å². The number of ketones is 1. The Balaban J connectivity index is 1.59. The lowest BCUT2D eigenvalue weighted by Crippen LogP contribution is -2.53. The Labute approximate surface area is 216 Å². The Hall–Kier alpha value is -2.59. The van der Waals surface area contributed by atoms with Gasteiger partial charge in [0.2, 0.25) is 5.91 Å². The fourth-order valence-corrected chi connectivity index (χ4v) is 7.68. The van der Waals surface area contributed by atoms with Gasteiger partial charge >= 0.3 is 18.3 Å². The smallest absolute Gasteiger partial charge is 0.418 e. The third kappa shape index (κ3) is 4.93. The van der Waals surface area contributed by atoms with Crippen molar-refractivity contribution in [2.75, 3.05) is 5.32 Å². The molecule has 6 atom stereocenters. The number of carboxylic acids is 1. The highest BCUT2D eigenvalue weighted by Gasteiger charge is 2.60. The molecule has 1 aromatic rings. The molecule has 11 heteroatoms. The molecule has 1 aromatic carbocycles. The highest BCUT2D eigenvalue weighted by molar-refractivity contribution is 5.94. The first-order valence-corrected chi connectivity index (χ1v) is 12.8. The van der Waals surface area contributed by atoms with Gasteiger partial charge in [0.25, 0.3) is 0 Å². The zero-order valence-corrected chi connectivity index (χ0v) is 21.1. The Morgan fingerprint density at radius 2 is 1.68 bits per heavy atom. The largest absolute Gasteiger partial charge is 0.481 e. The Morgan fingerprint density at radius 1 is 1.00 bits per heavy atom.